The third-order valence-electron chi connectivity index (χ3n) is 3.08. The van der Waals surface area contributed by atoms with E-state index < -0.39 is 0 Å². The van der Waals surface area contributed by atoms with E-state index in [4.69, 9.17) is 4.74 Å². The summed E-state index contributed by atoms with van der Waals surface area (Å²) in [6, 6.07) is 0. The summed E-state index contributed by atoms with van der Waals surface area (Å²) in [5.74, 6) is -0.166. The number of amides is 1. The van der Waals surface area contributed by atoms with Crippen molar-refractivity contribution < 1.29 is 9.53 Å². The summed E-state index contributed by atoms with van der Waals surface area (Å²) in [5.41, 5.74) is 1.03. The summed E-state index contributed by atoms with van der Waals surface area (Å²) in [6.07, 6.45) is 7.13. The molecule has 1 amide bonds. The van der Waals surface area contributed by atoms with Crippen molar-refractivity contribution in [2.24, 2.45) is 0 Å². The van der Waals surface area contributed by atoms with Gasteiger partial charge in [0.05, 0.1) is 16.8 Å². The maximum Gasteiger partial charge on any atom is 0.256 e. The molecule has 19 heavy (non-hydrogen) atoms. The van der Waals surface area contributed by atoms with Gasteiger partial charge in [-0.1, -0.05) is 0 Å². The predicted octanol–water partition coefficient (Wildman–Crippen LogP) is 1.40. The lowest BCUT2D eigenvalue weighted by atomic mass is 10.2. The van der Waals surface area contributed by atoms with Crippen LogP contribution in [-0.4, -0.2) is 39.8 Å². The fourth-order valence-electron chi connectivity index (χ4n) is 2.12. The second-order valence-corrected chi connectivity index (χ2v) is 5.36. The second-order valence-electron chi connectivity index (χ2n) is 4.44. The molecule has 2 aromatic heterocycles. The molecule has 6 nitrogen and oxygen atoms in total. The number of aromatic nitrogens is 3. The van der Waals surface area contributed by atoms with Gasteiger partial charge < -0.3 is 10.1 Å². The maximum atomic E-state index is 12.1. The number of rotatable bonds is 3. The van der Waals surface area contributed by atoms with Gasteiger partial charge in [-0.25, -0.2) is 9.50 Å². The Morgan fingerprint density at radius 2 is 2.47 bits per heavy atom. The standard InChI is InChI=1S/C12H13BrN4O2/c13-8-4-14-11-10(6-16-17(11)7-8)12(18)15-5-9-2-1-3-19-9/h4,6-7,9H,1-3,5H2,(H,15,18)/t9-/m0/s1. The quantitative estimate of drug-likeness (QED) is 0.926. The molecule has 0 saturated carbocycles. The van der Waals surface area contributed by atoms with Crippen molar-refractivity contribution in [2.45, 2.75) is 18.9 Å². The van der Waals surface area contributed by atoms with Crippen LogP contribution >= 0.6 is 15.9 Å². The molecule has 2 aromatic rings. The predicted molar refractivity (Wildman–Crippen MR) is 72.0 cm³/mol. The molecule has 0 aromatic carbocycles. The van der Waals surface area contributed by atoms with Crippen molar-refractivity contribution in [2.75, 3.05) is 13.2 Å². The number of hydrogen-bond donors (Lipinski definition) is 1. The molecule has 100 valence electrons. The fourth-order valence-corrected chi connectivity index (χ4v) is 2.42. The summed E-state index contributed by atoms with van der Waals surface area (Å²) < 4.78 is 7.86. The Morgan fingerprint density at radius 1 is 1.58 bits per heavy atom. The molecule has 1 fully saturated rings. The minimum Gasteiger partial charge on any atom is -0.376 e. The van der Waals surface area contributed by atoms with E-state index in [2.05, 4.69) is 31.3 Å². The number of ether oxygens (including phenoxy) is 1. The molecule has 1 aliphatic rings. The number of carbonyl (C=O) groups is 1. The second kappa shape index (κ2) is 5.26. The minimum atomic E-state index is -0.166. The molecule has 0 unspecified atom stereocenters. The minimum absolute atomic E-state index is 0.132. The van der Waals surface area contributed by atoms with Gasteiger partial charge in [0.1, 0.15) is 5.56 Å². The first-order valence-electron chi connectivity index (χ1n) is 6.13. The first kappa shape index (κ1) is 12.6. The number of fused-ring (bicyclic) bond motifs is 1. The van der Waals surface area contributed by atoms with Crippen molar-refractivity contribution in [1.82, 2.24) is 19.9 Å². The van der Waals surface area contributed by atoms with Gasteiger partial charge in [-0.05, 0) is 28.8 Å². The van der Waals surface area contributed by atoms with E-state index in [0.29, 0.717) is 17.8 Å². The van der Waals surface area contributed by atoms with Gasteiger partial charge >= 0.3 is 0 Å². The monoisotopic (exact) mass is 324 g/mol. The third kappa shape index (κ3) is 2.62. The summed E-state index contributed by atoms with van der Waals surface area (Å²) in [4.78, 5) is 16.3. The third-order valence-corrected chi connectivity index (χ3v) is 3.49. The molecule has 3 heterocycles. The van der Waals surface area contributed by atoms with Gasteiger partial charge in [0.2, 0.25) is 0 Å². The van der Waals surface area contributed by atoms with E-state index >= 15 is 0 Å². The Morgan fingerprint density at radius 3 is 3.26 bits per heavy atom. The number of nitrogens with one attached hydrogen (secondary N) is 1. The van der Waals surface area contributed by atoms with Crippen LogP contribution in [0.25, 0.3) is 5.65 Å². The number of hydrogen-bond acceptors (Lipinski definition) is 4. The highest BCUT2D eigenvalue weighted by molar-refractivity contribution is 9.10. The topological polar surface area (TPSA) is 68.5 Å². The molecule has 1 atom stereocenters. The van der Waals surface area contributed by atoms with Gasteiger partial charge in [-0.3, -0.25) is 4.79 Å². The Balaban J connectivity index is 1.74. The Labute approximate surface area is 118 Å². The highest BCUT2D eigenvalue weighted by atomic mass is 79.9. The van der Waals surface area contributed by atoms with Gasteiger partial charge in [-0.2, -0.15) is 5.10 Å². The van der Waals surface area contributed by atoms with Crippen molar-refractivity contribution in [1.29, 1.82) is 0 Å². The van der Waals surface area contributed by atoms with E-state index in [9.17, 15) is 4.79 Å². The molecule has 0 radical (unpaired) electrons. The lowest BCUT2D eigenvalue weighted by Gasteiger charge is -2.09. The molecular formula is C12H13BrN4O2. The highest BCUT2D eigenvalue weighted by Gasteiger charge is 2.18. The number of carbonyl (C=O) groups excluding carboxylic acids is 1. The van der Waals surface area contributed by atoms with E-state index in [-0.39, 0.29) is 12.0 Å². The first-order valence-corrected chi connectivity index (χ1v) is 6.92. The molecular weight excluding hydrogens is 312 g/mol. The van der Waals surface area contributed by atoms with Gasteiger partial charge in [0.15, 0.2) is 5.65 Å². The van der Waals surface area contributed by atoms with Crippen molar-refractivity contribution in [3.05, 3.63) is 28.6 Å². The van der Waals surface area contributed by atoms with Crippen LogP contribution < -0.4 is 5.32 Å². The molecule has 0 aliphatic carbocycles. The van der Waals surface area contributed by atoms with E-state index in [0.717, 1.165) is 23.9 Å². The zero-order chi connectivity index (χ0) is 13.2. The smallest absolute Gasteiger partial charge is 0.256 e. The fraction of sp³-hybridized carbons (Fsp3) is 0.417. The van der Waals surface area contributed by atoms with Crippen molar-refractivity contribution in [3.63, 3.8) is 0 Å². The maximum absolute atomic E-state index is 12.1. The van der Waals surface area contributed by atoms with Crippen LogP contribution in [0.15, 0.2) is 23.1 Å². The summed E-state index contributed by atoms with van der Waals surface area (Å²) in [6.45, 7) is 1.32. The highest BCUT2D eigenvalue weighted by Crippen LogP contribution is 2.13. The molecule has 1 aliphatic heterocycles. The lowest BCUT2D eigenvalue weighted by molar-refractivity contribution is 0.0859. The summed E-state index contributed by atoms with van der Waals surface area (Å²) in [7, 11) is 0. The molecule has 1 N–H and O–H groups in total. The van der Waals surface area contributed by atoms with Crippen LogP contribution in [0.5, 0.6) is 0 Å². The van der Waals surface area contributed by atoms with Crippen molar-refractivity contribution in [3.8, 4) is 0 Å². The molecule has 1 saturated heterocycles. The number of halogens is 1. The van der Waals surface area contributed by atoms with Crippen molar-refractivity contribution >= 4 is 27.5 Å². The Hall–Kier alpha value is -1.47. The normalized spacial score (nSPS) is 18.9. The van der Waals surface area contributed by atoms with Crippen LogP contribution in [0, 0.1) is 0 Å². The Bertz CT molecular complexity index is 607. The van der Waals surface area contributed by atoms with E-state index in [1.807, 2.05) is 0 Å². The van der Waals surface area contributed by atoms with E-state index in [1.54, 1.807) is 16.9 Å². The molecule has 3 rings (SSSR count). The lowest BCUT2D eigenvalue weighted by Crippen LogP contribution is -2.31. The zero-order valence-corrected chi connectivity index (χ0v) is 11.8. The largest absolute Gasteiger partial charge is 0.376 e. The van der Waals surface area contributed by atoms with Crippen LogP contribution in [0.3, 0.4) is 0 Å². The van der Waals surface area contributed by atoms with Gasteiger partial charge in [0, 0.05) is 25.5 Å². The molecule has 7 heteroatoms. The zero-order valence-electron chi connectivity index (χ0n) is 10.2. The first-order chi connectivity index (χ1) is 9.24. The average molecular weight is 325 g/mol. The van der Waals surface area contributed by atoms with Gasteiger partial charge in [-0.15, -0.1) is 0 Å². The number of nitrogens with zero attached hydrogens (tertiary/aromatic N) is 3. The summed E-state index contributed by atoms with van der Waals surface area (Å²) >= 11 is 3.31. The summed E-state index contributed by atoms with van der Waals surface area (Å²) in [5, 5.41) is 6.98. The van der Waals surface area contributed by atoms with Crippen LogP contribution in [0.2, 0.25) is 0 Å². The van der Waals surface area contributed by atoms with Gasteiger partial charge in [0.25, 0.3) is 5.91 Å². The molecule has 0 spiro atoms. The Kier molecular flexibility index (Phi) is 3.48. The average Bonchev–Trinajstić information content (AvgIpc) is 3.04. The molecule has 0 bridgehead atoms. The van der Waals surface area contributed by atoms with E-state index in [1.165, 1.54) is 6.20 Å². The SMILES string of the molecule is O=C(NC[C@@H]1CCCO1)c1cnn2cc(Br)cnc12. The van der Waals surface area contributed by atoms with Crippen LogP contribution in [0.1, 0.15) is 23.2 Å². The van der Waals surface area contributed by atoms with Crippen LogP contribution in [-0.2, 0) is 4.74 Å². The van der Waals surface area contributed by atoms with Crippen LogP contribution in [0.4, 0.5) is 0 Å².